The van der Waals surface area contributed by atoms with Crippen LogP contribution in [0.5, 0.6) is 5.88 Å². The van der Waals surface area contributed by atoms with Gasteiger partial charge in [-0.15, -0.1) is 11.8 Å². The average Bonchev–Trinajstić information content (AvgIpc) is 3.55. The highest BCUT2D eigenvalue weighted by Crippen LogP contribution is 2.35. The number of pyridine rings is 1. The topological polar surface area (TPSA) is 76.6 Å². The Balaban J connectivity index is 1.30. The Kier molecular flexibility index (Phi) is 5.91. The van der Waals surface area contributed by atoms with Gasteiger partial charge in [-0.2, -0.15) is 0 Å². The lowest BCUT2D eigenvalue weighted by atomic mass is 10.0. The van der Waals surface area contributed by atoms with Crippen molar-refractivity contribution in [3.05, 3.63) is 66.0 Å². The summed E-state index contributed by atoms with van der Waals surface area (Å²) in [5.41, 5.74) is 0.601. The van der Waals surface area contributed by atoms with Crippen LogP contribution in [0, 0.1) is 17.5 Å². The zero-order valence-corrected chi connectivity index (χ0v) is 19.8. The number of nitrogens with one attached hydrogen (secondary N) is 1. The van der Waals surface area contributed by atoms with Crippen LogP contribution < -0.4 is 4.74 Å². The molecule has 4 heterocycles. The molecule has 1 unspecified atom stereocenters. The monoisotopic (exact) mass is 514 g/mol. The largest absolute Gasteiger partial charge is 0.470 e. The van der Waals surface area contributed by atoms with Gasteiger partial charge in [-0.25, -0.2) is 18.2 Å². The van der Waals surface area contributed by atoms with Gasteiger partial charge in [0.25, 0.3) is 0 Å². The maximum absolute atomic E-state index is 15.1. The Bertz CT molecular complexity index is 1420. The number of aromatic nitrogens is 2. The molecule has 6 rings (SSSR count). The van der Waals surface area contributed by atoms with Gasteiger partial charge in [-0.3, -0.25) is 0 Å². The second-order valence-corrected chi connectivity index (χ2v) is 9.63. The van der Waals surface area contributed by atoms with Gasteiger partial charge in [0.1, 0.15) is 35.6 Å². The fourth-order valence-electron chi connectivity index (χ4n) is 4.70. The lowest BCUT2D eigenvalue weighted by Crippen LogP contribution is -2.34. The van der Waals surface area contributed by atoms with Crippen LogP contribution >= 0.6 is 11.8 Å². The van der Waals surface area contributed by atoms with Crippen LogP contribution in [0.4, 0.5) is 13.2 Å². The van der Waals surface area contributed by atoms with E-state index in [2.05, 4.69) is 9.97 Å². The third kappa shape index (κ3) is 4.03. The number of fused-ring (bicyclic) bond motifs is 2. The summed E-state index contributed by atoms with van der Waals surface area (Å²) in [6, 6.07) is 12.3. The van der Waals surface area contributed by atoms with E-state index in [0.29, 0.717) is 16.6 Å². The molecule has 2 aromatic carbocycles. The molecule has 6 nitrogen and oxygen atoms in total. The fraction of sp³-hybridized carbons (Fsp3) is 0.269. The number of ether oxygens (including phenoxy) is 3. The number of aromatic amines is 1. The number of benzene rings is 2. The van der Waals surface area contributed by atoms with E-state index in [1.54, 1.807) is 23.9 Å². The molecule has 2 aliphatic heterocycles. The average molecular weight is 515 g/mol. The SMILES string of the molecule is CSc1ccc(-c2cc(F)c(-c3nc4cc(O[C@@H]5COC6[C@H](O)CO[C@@H]65)[nH]c4cc3F)c(F)c2)cc1. The van der Waals surface area contributed by atoms with E-state index >= 15 is 8.78 Å². The van der Waals surface area contributed by atoms with Crippen molar-refractivity contribution in [2.75, 3.05) is 19.5 Å². The molecule has 4 atom stereocenters. The van der Waals surface area contributed by atoms with Crippen LogP contribution in [0.3, 0.4) is 0 Å². The lowest BCUT2D eigenvalue weighted by Gasteiger charge is -2.16. The molecule has 2 N–H and O–H groups in total. The van der Waals surface area contributed by atoms with Gasteiger partial charge in [0.15, 0.2) is 17.8 Å². The molecule has 10 heteroatoms. The summed E-state index contributed by atoms with van der Waals surface area (Å²) in [4.78, 5) is 8.14. The van der Waals surface area contributed by atoms with E-state index < -0.39 is 53.1 Å². The molecule has 0 bridgehead atoms. The Hall–Kier alpha value is -3.05. The first-order valence-electron chi connectivity index (χ1n) is 11.3. The van der Waals surface area contributed by atoms with Crippen molar-refractivity contribution in [2.45, 2.75) is 29.3 Å². The first-order valence-corrected chi connectivity index (χ1v) is 12.5. The van der Waals surface area contributed by atoms with Gasteiger partial charge in [0, 0.05) is 17.0 Å². The molecule has 2 saturated heterocycles. The number of nitrogens with zero attached hydrogens (tertiary/aromatic N) is 1. The molecule has 36 heavy (non-hydrogen) atoms. The van der Waals surface area contributed by atoms with Crippen LogP contribution in [0.15, 0.2) is 53.4 Å². The smallest absolute Gasteiger partial charge is 0.193 e. The molecule has 0 spiro atoms. The van der Waals surface area contributed by atoms with Gasteiger partial charge < -0.3 is 24.3 Å². The first-order chi connectivity index (χ1) is 17.4. The highest BCUT2D eigenvalue weighted by molar-refractivity contribution is 7.98. The lowest BCUT2D eigenvalue weighted by molar-refractivity contribution is 0.00794. The summed E-state index contributed by atoms with van der Waals surface area (Å²) < 4.78 is 62.2. The maximum atomic E-state index is 15.1. The first kappa shape index (κ1) is 23.4. The number of aliphatic hydroxyl groups is 1. The molecule has 4 aromatic rings. The van der Waals surface area contributed by atoms with E-state index in [0.717, 1.165) is 11.0 Å². The molecule has 2 aromatic heterocycles. The van der Waals surface area contributed by atoms with Gasteiger partial charge in [0.05, 0.1) is 29.8 Å². The third-order valence-electron chi connectivity index (χ3n) is 6.49. The molecular weight excluding hydrogens is 493 g/mol. The summed E-state index contributed by atoms with van der Waals surface area (Å²) in [5, 5.41) is 9.89. The standard InChI is InChI=1S/C26H21F3N2O4S/c1-36-14-4-2-12(3-5-14)13-6-15(27)23(16(28)7-13)24-17(29)8-18-19(31-24)9-22(30-18)35-21-11-34-25-20(32)10-33-26(21)25/h2-9,20-21,25-26,30,32H,10-11H2,1H3/t20-,21-,25?,26-/m1/s1. The van der Waals surface area contributed by atoms with Crippen LogP contribution in [-0.4, -0.2) is 59.0 Å². The summed E-state index contributed by atoms with van der Waals surface area (Å²) in [5.74, 6) is -2.43. The number of aliphatic hydroxyl groups excluding tert-OH is 1. The second-order valence-electron chi connectivity index (χ2n) is 8.75. The van der Waals surface area contributed by atoms with Crippen molar-refractivity contribution in [1.29, 1.82) is 0 Å². The molecule has 186 valence electrons. The number of H-pyrrole nitrogens is 1. The van der Waals surface area contributed by atoms with Crippen LogP contribution in [0.25, 0.3) is 33.4 Å². The Morgan fingerprint density at radius 3 is 2.39 bits per heavy atom. The van der Waals surface area contributed by atoms with E-state index in [1.807, 2.05) is 18.4 Å². The number of thioether (sulfide) groups is 1. The van der Waals surface area contributed by atoms with Crippen LogP contribution in [-0.2, 0) is 9.47 Å². The van der Waals surface area contributed by atoms with Crippen molar-refractivity contribution in [2.24, 2.45) is 0 Å². The van der Waals surface area contributed by atoms with Gasteiger partial charge in [-0.05, 0) is 41.6 Å². The van der Waals surface area contributed by atoms with Crippen molar-refractivity contribution in [3.63, 3.8) is 0 Å². The third-order valence-corrected chi connectivity index (χ3v) is 7.24. The Morgan fingerprint density at radius 1 is 0.944 bits per heavy atom. The van der Waals surface area contributed by atoms with Crippen molar-refractivity contribution >= 4 is 22.8 Å². The minimum Gasteiger partial charge on any atom is -0.470 e. The molecule has 2 aliphatic rings. The predicted octanol–water partition coefficient (Wildman–Crippen LogP) is 4.94. The predicted molar refractivity (Wildman–Crippen MR) is 129 cm³/mol. The Labute approximate surface area is 208 Å². The molecule has 0 saturated carbocycles. The fourth-order valence-corrected chi connectivity index (χ4v) is 5.11. The van der Waals surface area contributed by atoms with Crippen LogP contribution in [0.1, 0.15) is 0 Å². The molecule has 0 amide bonds. The molecule has 2 fully saturated rings. The number of hydrogen-bond acceptors (Lipinski definition) is 6. The normalized spacial score (nSPS) is 23.4. The number of halogens is 3. The summed E-state index contributed by atoms with van der Waals surface area (Å²) in [7, 11) is 0. The van der Waals surface area contributed by atoms with E-state index in [1.165, 1.54) is 18.2 Å². The van der Waals surface area contributed by atoms with Crippen molar-refractivity contribution in [1.82, 2.24) is 9.97 Å². The van der Waals surface area contributed by atoms with Gasteiger partial charge >= 0.3 is 0 Å². The maximum Gasteiger partial charge on any atom is 0.193 e. The van der Waals surface area contributed by atoms with E-state index in [4.69, 9.17) is 14.2 Å². The highest BCUT2D eigenvalue weighted by atomic mass is 32.2. The minimum absolute atomic E-state index is 0.164. The number of rotatable bonds is 5. The zero-order valence-electron chi connectivity index (χ0n) is 19.0. The molecule has 0 radical (unpaired) electrons. The molecule has 0 aliphatic carbocycles. The summed E-state index contributed by atoms with van der Waals surface area (Å²) >= 11 is 1.56. The highest BCUT2D eigenvalue weighted by Gasteiger charge is 2.48. The number of hydrogen-bond donors (Lipinski definition) is 2. The van der Waals surface area contributed by atoms with Crippen LogP contribution in [0.2, 0.25) is 0 Å². The minimum atomic E-state index is -0.914. The van der Waals surface area contributed by atoms with Gasteiger partial charge in [0.2, 0.25) is 0 Å². The Morgan fingerprint density at radius 2 is 1.67 bits per heavy atom. The van der Waals surface area contributed by atoms with Crippen molar-refractivity contribution in [3.8, 4) is 28.3 Å². The van der Waals surface area contributed by atoms with E-state index in [-0.39, 0.29) is 24.6 Å². The zero-order chi connectivity index (χ0) is 25.0. The second kappa shape index (κ2) is 9.11. The van der Waals surface area contributed by atoms with Gasteiger partial charge in [-0.1, -0.05) is 12.1 Å². The summed E-state index contributed by atoms with van der Waals surface area (Å²) in [6.07, 6.45) is -0.133. The molecular formula is C26H21F3N2O4S. The summed E-state index contributed by atoms with van der Waals surface area (Å²) in [6.45, 7) is 0.384. The quantitative estimate of drug-likeness (QED) is 0.368. The van der Waals surface area contributed by atoms with E-state index in [9.17, 15) is 9.50 Å². The van der Waals surface area contributed by atoms with Crippen molar-refractivity contribution < 1.29 is 32.5 Å².